The molecule has 2 aromatic rings. The van der Waals surface area contributed by atoms with Gasteiger partial charge in [0.2, 0.25) is 11.8 Å². The molecule has 0 unspecified atom stereocenters. The van der Waals surface area contributed by atoms with Crippen molar-refractivity contribution in [2.45, 2.75) is 26.5 Å². The number of hydrogen-bond donors (Lipinski definition) is 0. The molecule has 0 aliphatic rings. The predicted molar refractivity (Wildman–Crippen MR) is 68.3 cm³/mol. The van der Waals surface area contributed by atoms with Crippen LogP contribution < -0.4 is 4.74 Å². The zero-order valence-electron chi connectivity index (χ0n) is 10.6. The highest BCUT2D eigenvalue weighted by Crippen LogP contribution is 2.22. The van der Waals surface area contributed by atoms with Crippen LogP contribution >= 0.6 is 0 Å². The molecule has 0 spiro atoms. The summed E-state index contributed by atoms with van der Waals surface area (Å²) in [6.07, 6.45) is 3.14. The van der Waals surface area contributed by atoms with Gasteiger partial charge in [-0.25, -0.2) is 9.97 Å². The summed E-state index contributed by atoms with van der Waals surface area (Å²) >= 11 is 0. The molecule has 0 amide bonds. The van der Waals surface area contributed by atoms with Crippen LogP contribution in [0.3, 0.4) is 0 Å². The largest absolute Gasteiger partial charge is 0.475 e. The van der Waals surface area contributed by atoms with E-state index in [2.05, 4.69) is 20.0 Å². The van der Waals surface area contributed by atoms with E-state index in [9.17, 15) is 0 Å². The maximum absolute atomic E-state index is 8.25. The highest BCUT2D eigenvalue weighted by atomic mass is 16.5. The van der Waals surface area contributed by atoms with Gasteiger partial charge in [-0.15, -0.1) is 0 Å². The summed E-state index contributed by atoms with van der Waals surface area (Å²) in [6, 6.07) is 3.53. The molecule has 0 fully saturated rings. The SMILES string of the molecule is CC(C)Oc1cc(-c2nc(CN=[N+]=[N-])co2)ccn1. The zero-order valence-corrected chi connectivity index (χ0v) is 10.6. The van der Waals surface area contributed by atoms with Gasteiger partial charge in [0.05, 0.1) is 18.3 Å². The first-order valence-corrected chi connectivity index (χ1v) is 5.77. The van der Waals surface area contributed by atoms with Crippen LogP contribution in [0.4, 0.5) is 0 Å². The van der Waals surface area contributed by atoms with Gasteiger partial charge in [-0.3, -0.25) is 0 Å². The average molecular weight is 259 g/mol. The van der Waals surface area contributed by atoms with Gasteiger partial charge in [-0.2, -0.15) is 0 Å². The fourth-order valence-electron chi connectivity index (χ4n) is 1.46. The summed E-state index contributed by atoms with van der Waals surface area (Å²) in [5.74, 6) is 0.960. The quantitative estimate of drug-likeness (QED) is 0.467. The molecular weight excluding hydrogens is 246 g/mol. The maximum Gasteiger partial charge on any atom is 0.226 e. The second kappa shape index (κ2) is 5.88. The Bertz CT molecular complexity index is 602. The lowest BCUT2D eigenvalue weighted by atomic mass is 10.2. The van der Waals surface area contributed by atoms with Gasteiger partial charge in [0.15, 0.2) is 0 Å². The molecule has 0 aliphatic heterocycles. The molecule has 0 saturated carbocycles. The van der Waals surface area contributed by atoms with Crippen molar-refractivity contribution in [3.8, 4) is 17.3 Å². The monoisotopic (exact) mass is 259 g/mol. The fraction of sp³-hybridized carbons (Fsp3) is 0.333. The molecule has 19 heavy (non-hydrogen) atoms. The topological polar surface area (TPSA) is 96.9 Å². The van der Waals surface area contributed by atoms with Gasteiger partial charge in [0.25, 0.3) is 0 Å². The summed E-state index contributed by atoms with van der Waals surface area (Å²) in [6.45, 7) is 4.02. The third-order valence-corrected chi connectivity index (χ3v) is 2.19. The third-order valence-electron chi connectivity index (χ3n) is 2.19. The Morgan fingerprint density at radius 1 is 1.53 bits per heavy atom. The lowest BCUT2D eigenvalue weighted by Crippen LogP contribution is -2.06. The Labute approximate surface area is 109 Å². The van der Waals surface area contributed by atoms with Crippen LogP contribution in [0, 0.1) is 0 Å². The minimum absolute atomic E-state index is 0.0489. The third kappa shape index (κ3) is 3.46. The van der Waals surface area contributed by atoms with Crippen molar-refractivity contribution in [2.75, 3.05) is 0 Å². The number of azide groups is 1. The van der Waals surface area contributed by atoms with Gasteiger partial charge in [-0.1, -0.05) is 5.11 Å². The van der Waals surface area contributed by atoms with Crippen molar-refractivity contribution in [2.24, 2.45) is 5.11 Å². The van der Waals surface area contributed by atoms with E-state index in [1.165, 1.54) is 6.26 Å². The van der Waals surface area contributed by atoms with Crippen LogP contribution in [0.2, 0.25) is 0 Å². The Morgan fingerprint density at radius 2 is 2.37 bits per heavy atom. The van der Waals surface area contributed by atoms with Gasteiger partial charge in [-0.05, 0) is 25.4 Å². The highest BCUT2D eigenvalue weighted by molar-refractivity contribution is 5.54. The van der Waals surface area contributed by atoms with Crippen molar-refractivity contribution < 1.29 is 9.15 Å². The number of ether oxygens (including phenoxy) is 1. The standard InChI is InChI=1S/C12H13N5O2/c1-8(2)19-11-5-9(3-4-14-11)12-16-10(7-18-12)6-15-17-13/h3-5,7-8H,6H2,1-2H3. The molecule has 2 aromatic heterocycles. The fourth-order valence-corrected chi connectivity index (χ4v) is 1.46. The second-order valence-corrected chi connectivity index (χ2v) is 4.08. The van der Waals surface area contributed by atoms with Crippen LogP contribution in [0.25, 0.3) is 21.9 Å². The van der Waals surface area contributed by atoms with E-state index in [0.29, 0.717) is 17.5 Å². The number of aromatic nitrogens is 2. The van der Waals surface area contributed by atoms with E-state index < -0.39 is 0 Å². The first kappa shape index (κ1) is 12.9. The number of pyridine rings is 1. The molecule has 7 heteroatoms. The summed E-state index contributed by atoms with van der Waals surface area (Å²) in [5, 5.41) is 3.43. The van der Waals surface area contributed by atoms with Crippen molar-refractivity contribution in [3.63, 3.8) is 0 Å². The van der Waals surface area contributed by atoms with Gasteiger partial charge >= 0.3 is 0 Å². The van der Waals surface area contributed by atoms with Crippen LogP contribution in [0.1, 0.15) is 19.5 Å². The van der Waals surface area contributed by atoms with Crippen molar-refractivity contribution in [3.05, 3.63) is 40.7 Å². The Kier molecular flexibility index (Phi) is 4.00. The van der Waals surface area contributed by atoms with Crippen molar-refractivity contribution in [1.29, 1.82) is 0 Å². The molecule has 98 valence electrons. The maximum atomic E-state index is 8.25. The number of oxazole rings is 1. The van der Waals surface area contributed by atoms with Crippen molar-refractivity contribution in [1.82, 2.24) is 9.97 Å². The Morgan fingerprint density at radius 3 is 3.11 bits per heavy atom. The van der Waals surface area contributed by atoms with E-state index in [1.807, 2.05) is 13.8 Å². The number of hydrogen-bond acceptors (Lipinski definition) is 5. The molecule has 7 nitrogen and oxygen atoms in total. The van der Waals surface area contributed by atoms with Crippen LogP contribution in [-0.4, -0.2) is 16.1 Å². The lowest BCUT2D eigenvalue weighted by molar-refractivity contribution is 0.232. The molecule has 0 atom stereocenters. The normalized spacial score (nSPS) is 10.3. The van der Waals surface area contributed by atoms with E-state index in [1.54, 1.807) is 18.3 Å². The number of rotatable bonds is 5. The minimum atomic E-state index is 0.0489. The lowest BCUT2D eigenvalue weighted by Gasteiger charge is -2.08. The molecule has 0 radical (unpaired) electrons. The molecule has 0 bridgehead atoms. The molecule has 2 rings (SSSR count). The molecule has 0 saturated heterocycles. The highest BCUT2D eigenvalue weighted by Gasteiger charge is 2.08. The number of nitrogens with zero attached hydrogens (tertiary/aromatic N) is 5. The molecular formula is C12H13N5O2. The zero-order chi connectivity index (χ0) is 13.7. The molecule has 0 aliphatic carbocycles. The van der Waals surface area contributed by atoms with Gasteiger partial charge in [0, 0.05) is 22.7 Å². The smallest absolute Gasteiger partial charge is 0.226 e. The van der Waals surface area contributed by atoms with Gasteiger partial charge in [0.1, 0.15) is 6.26 Å². The van der Waals surface area contributed by atoms with Gasteiger partial charge < -0.3 is 9.15 Å². The van der Waals surface area contributed by atoms with Crippen molar-refractivity contribution >= 4 is 0 Å². The van der Waals surface area contributed by atoms with E-state index in [4.69, 9.17) is 14.7 Å². The molecule has 0 aromatic carbocycles. The van der Waals surface area contributed by atoms with E-state index in [0.717, 1.165) is 5.56 Å². The summed E-state index contributed by atoms with van der Waals surface area (Å²) in [5.41, 5.74) is 9.59. The minimum Gasteiger partial charge on any atom is -0.475 e. The Hall–Kier alpha value is -2.53. The van der Waals surface area contributed by atoms with Crippen LogP contribution in [-0.2, 0) is 6.54 Å². The molecule has 0 N–H and O–H groups in total. The first-order valence-electron chi connectivity index (χ1n) is 5.77. The van der Waals surface area contributed by atoms with E-state index in [-0.39, 0.29) is 12.6 Å². The van der Waals surface area contributed by atoms with Crippen LogP contribution in [0.15, 0.2) is 34.1 Å². The van der Waals surface area contributed by atoms with Crippen LogP contribution in [0.5, 0.6) is 5.88 Å². The van der Waals surface area contributed by atoms with E-state index >= 15 is 0 Å². The first-order chi connectivity index (χ1) is 9.19. The average Bonchev–Trinajstić information content (AvgIpc) is 2.84. The molecule has 2 heterocycles. The summed E-state index contributed by atoms with van der Waals surface area (Å²) in [4.78, 5) is 11.0. The Balaban J connectivity index is 2.21. The summed E-state index contributed by atoms with van der Waals surface area (Å²) in [7, 11) is 0. The summed E-state index contributed by atoms with van der Waals surface area (Å²) < 4.78 is 10.8. The predicted octanol–water partition coefficient (Wildman–Crippen LogP) is 3.33. The second-order valence-electron chi connectivity index (χ2n) is 4.08.